The largest absolute Gasteiger partial charge is 0.480 e. The fourth-order valence-corrected chi connectivity index (χ4v) is 2.32. The Labute approximate surface area is 99.4 Å². The molecule has 1 atom stereocenters. The number of likely N-dealkylation sites (tertiary alicyclic amines) is 1. The predicted molar refractivity (Wildman–Crippen MR) is 61.5 cm³/mol. The second kappa shape index (κ2) is 4.24. The van der Waals surface area contributed by atoms with Crippen molar-refractivity contribution >= 4 is 11.9 Å². The Morgan fingerprint density at radius 2 is 2.35 bits per heavy atom. The molecule has 1 fully saturated rings. The van der Waals surface area contributed by atoms with E-state index in [1.807, 2.05) is 12.1 Å². The van der Waals surface area contributed by atoms with Gasteiger partial charge in [-0.15, -0.1) is 0 Å². The van der Waals surface area contributed by atoms with E-state index >= 15 is 0 Å². The van der Waals surface area contributed by atoms with Gasteiger partial charge in [0.05, 0.1) is 6.42 Å². The van der Waals surface area contributed by atoms with Crippen LogP contribution in [0, 0.1) is 0 Å². The summed E-state index contributed by atoms with van der Waals surface area (Å²) in [5.74, 6) is -1.05. The summed E-state index contributed by atoms with van der Waals surface area (Å²) in [5, 5.41) is 9.22. The van der Waals surface area contributed by atoms with Crippen LogP contribution in [0.4, 0.5) is 0 Å². The second-order valence-electron chi connectivity index (χ2n) is 4.60. The van der Waals surface area contributed by atoms with Crippen LogP contribution >= 0.6 is 0 Å². The van der Waals surface area contributed by atoms with E-state index in [0.717, 1.165) is 12.1 Å². The number of carboxylic acid groups (broad SMARTS) is 1. The summed E-state index contributed by atoms with van der Waals surface area (Å²) in [6.45, 7) is 2.15. The number of carbonyl (C=O) groups is 2. The Balaban J connectivity index is 2.11. The van der Waals surface area contributed by atoms with Gasteiger partial charge in [0.25, 0.3) is 0 Å². The maximum Gasteiger partial charge on any atom is 0.329 e. The van der Waals surface area contributed by atoms with Crippen molar-refractivity contribution in [3.8, 4) is 0 Å². The summed E-state index contributed by atoms with van der Waals surface area (Å²) in [6, 6.07) is 3.65. The van der Waals surface area contributed by atoms with Crippen LogP contribution in [0.5, 0.6) is 0 Å². The van der Waals surface area contributed by atoms with E-state index in [0.29, 0.717) is 13.0 Å². The van der Waals surface area contributed by atoms with Crippen molar-refractivity contribution in [2.24, 2.45) is 0 Å². The molecule has 17 heavy (non-hydrogen) atoms. The van der Waals surface area contributed by atoms with E-state index in [4.69, 9.17) is 0 Å². The summed E-state index contributed by atoms with van der Waals surface area (Å²) in [5.41, 5.74) is -0.224. The molecule has 2 rings (SSSR count). The molecule has 1 unspecified atom stereocenters. The summed E-state index contributed by atoms with van der Waals surface area (Å²) in [4.78, 5) is 27.7. The molecular weight excluding hydrogens is 220 g/mol. The topological polar surface area (TPSA) is 73.4 Å². The lowest BCUT2D eigenvalue weighted by Crippen LogP contribution is -2.51. The highest BCUT2D eigenvalue weighted by Crippen LogP contribution is 2.29. The number of aliphatic carboxylic acids is 1. The quantitative estimate of drug-likeness (QED) is 0.823. The summed E-state index contributed by atoms with van der Waals surface area (Å²) < 4.78 is 0. The number of aromatic amines is 1. The van der Waals surface area contributed by atoms with Gasteiger partial charge in [0.2, 0.25) is 5.91 Å². The van der Waals surface area contributed by atoms with E-state index in [9.17, 15) is 14.7 Å². The van der Waals surface area contributed by atoms with Gasteiger partial charge in [-0.3, -0.25) is 4.79 Å². The highest BCUT2D eigenvalue weighted by molar-refractivity contribution is 5.88. The number of amides is 1. The number of carboxylic acids is 1. The van der Waals surface area contributed by atoms with Crippen molar-refractivity contribution < 1.29 is 14.7 Å². The molecule has 92 valence electrons. The summed E-state index contributed by atoms with van der Waals surface area (Å²) in [7, 11) is 0. The van der Waals surface area contributed by atoms with E-state index in [2.05, 4.69) is 4.98 Å². The van der Waals surface area contributed by atoms with Crippen LogP contribution in [-0.2, 0) is 16.0 Å². The molecule has 2 heterocycles. The van der Waals surface area contributed by atoms with Crippen molar-refractivity contribution in [1.82, 2.24) is 9.88 Å². The van der Waals surface area contributed by atoms with Gasteiger partial charge in [-0.2, -0.15) is 0 Å². The molecule has 1 aliphatic rings. The van der Waals surface area contributed by atoms with Crippen molar-refractivity contribution in [1.29, 1.82) is 0 Å². The van der Waals surface area contributed by atoms with Gasteiger partial charge in [0, 0.05) is 18.4 Å². The molecule has 1 aliphatic heterocycles. The lowest BCUT2D eigenvalue weighted by atomic mass is 9.99. The van der Waals surface area contributed by atoms with Crippen LogP contribution in [0.1, 0.15) is 25.5 Å². The van der Waals surface area contributed by atoms with Gasteiger partial charge < -0.3 is 15.0 Å². The highest BCUT2D eigenvalue weighted by atomic mass is 16.4. The number of rotatable bonds is 3. The smallest absolute Gasteiger partial charge is 0.329 e. The average Bonchev–Trinajstić information content (AvgIpc) is 2.87. The molecule has 1 amide bonds. The van der Waals surface area contributed by atoms with Gasteiger partial charge in [-0.1, -0.05) is 0 Å². The molecule has 0 aliphatic carbocycles. The second-order valence-corrected chi connectivity index (χ2v) is 4.60. The van der Waals surface area contributed by atoms with Crippen molar-refractivity contribution in [3.63, 3.8) is 0 Å². The minimum absolute atomic E-state index is 0.130. The fraction of sp³-hybridized carbons (Fsp3) is 0.500. The zero-order chi connectivity index (χ0) is 12.5. The third kappa shape index (κ3) is 2.05. The highest BCUT2D eigenvalue weighted by Gasteiger charge is 2.45. The number of carbonyl (C=O) groups excluding carboxylic acids is 1. The maximum atomic E-state index is 12.1. The average molecular weight is 236 g/mol. The van der Waals surface area contributed by atoms with E-state index in [1.165, 1.54) is 4.90 Å². The molecule has 0 spiro atoms. The van der Waals surface area contributed by atoms with Gasteiger partial charge in [0.1, 0.15) is 5.54 Å². The van der Waals surface area contributed by atoms with Crippen LogP contribution in [0.15, 0.2) is 18.3 Å². The minimum atomic E-state index is -1.04. The molecule has 0 aromatic carbocycles. The van der Waals surface area contributed by atoms with Crippen molar-refractivity contribution in [2.75, 3.05) is 6.54 Å². The molecule has 0 saturated carbocycles. The fourth-order valence-electron chi connectivity index (χ4n) is 2.32. The molecule has 1 saturated heterocycles. The third-order valence-electron chi connectivity index (χ3n) is 3.41. The molecule has 5 heteroatoms. The lowest BCUT2D eigenvalue weighted by molar-refractivity contribution is -0.155. The zero-order valence-electron chi connectivity index (χ0n) is 9.77. The SMILES string of the molecule is CC1(C(=O)O)CCCN1C(=O)Cc1ccc[nH]1. The molecule has 1 aromatic rings. The van der Waals surface area contributed by atoms with Crippen LogP contribution in [0.2, 0.25) is 0 Å². The Morgan fingerprint density at radius 3 is 2.94 bits per heavy atom. The van der Waals surface area contributed by atoms with Crippen LogP contribution in [0.25, 0.3) is 0 Å². The van der Waals surface area contributed by atoms with Gasteiger partial charge in [-0.25, -0.2) is 4.79 Å². The Bertz CT molecular complexity index is 427. The molecular formula is C12H16N2O3. The first kappa shape index (κ1) is 11.7. The first-order valence-corrected chi connectivity index (χ1v) is 5.70. The predicted octanol–water partition coefficient (Wildman–Crippen LogP) is 1.02. The number of aromatic nitrogens is 1. The number of hydrogen-bond donors (Lipinski definition) is 2. The Morgan fingerprint density at radius 1 is 1.59 bits per heavy atom. The molecule has 5 nitrogen and oxygen atoms in total. The van der Waals surface area contributed by atoms with E-state index < -0.39 is 11.5 Å². The number of nitrogens with zero attached hydrogens (tertiary/aromatic N) is 1. The van der Waals surface area contributed by atoms with Crippen molar-refractivity contribution in [3.05, 3.63) is 24.0 Å². The first-order valence-electron chi connectivity index (χ1n) is 5.70. The standard InChI is InChI=1S/C12H16N2O3/c1-12(11(16)17)5-3-7-14(12)10(15)8-9-4-2-6-13-9/h2,4,6,13H,3,5,7-8H2,1H3,(H,16,17). The lowest BCUT2D eigenvalue weighted by Gasteiger charge is -2.31. The summed E-state index contributed by atoms with van der Waals surface area (Å²) >= 11 is 0. The minimum Gasteiger partial charge on any atom is -0.480 e. The number of nitrogens with one attached hydrogen (secondary N) is 1. The molecule has 2 N–H and O–H groups in total. The summed E-state index contributed by atoms with van der Waals surface area (Å²) in [6.07, 6.45) is 3.26. The zero-order valence-corrected chi connectivity index (χ0v) is 9.77. The van der Waals surface area contributed by atoms with Crippen molar-refractivity contribution in [2.45, 2.75) is 31.7 Å². The van der Waals surface area contributed by atoms with E-state index in [-0.39, 0.29) is 12.3 Å². The van der Waals surface area contributed by atoms with Gasteiger partial charge in [-0.05, 0) is 31.9 Å². The maximum absolute atomic E-state index is 12.1. The monoisotopic (exact) mass is 236 g/mol. The van der Waals surface area contributed by atoms with Gasteiger partial charge in [0.15, 0.2) is 0 Å². The molecule has 1 aromatic heterocycles. The number of hydrogen-bond acceptors (Lipinski definition) is 2. The van der Waals surface area contributed by atoms with Crippen LogP contribution in [-0.4, -0.2) is 39.0 Å². The normalized spacial score (nSPS) is 23.9. The third-order valence-corrected chi connectivity index (χ3v) is 3.41. The molecule has 0 bridgehead atoms. The van der Waals surface area contributed by atoms with E-state index in [1.54, 1.807) is 13.1 Å². The Hall–Kier alpha value is -1.78. The molecule has 0 radical (unpaired) electrons. The number of H-pyrrole nitrogens is 1. The van der Waals surface area contributed by atoms with Gasteiger partial charge >= 0.3 is 5.97 Å². The Kier molecular flexibility index (Phi) is 2.92. The van der Waals surface area contributed by atoms with Crippen LogP contribution in [0.3, 0.4) is 0 Å². The van der Waals surface area contributed by atoms with Crippen LogP contribution < -0.4 is 0 Å². The first-order chi connectivity index (χ1) is 8.04.